The summed E-state index contributed by atoms with van der Waals surface area (Å²) in [5.74, 6) is 0.0405. The number of carbonyl (C=O) groups is 1. The molecule has 19 heavy (non-hydrogen) atoms. The SMILES string of the molecule is Cc1cccc[n+]1CC(=O)c1ccc(C#N)cc1.[Br-]. The van der Waals surface area contributed by atoms with Crippen molar-refractivity contribution in [3.05, 3.63) is 65.5 Å². The lowest BCUT2D eigenvalue weighted by molar-refractivity contribution is -0.689. The number of hydrogen-bond acceptors (Lipinski definition) is 2. The highest BCUT2D eigenvalue weighted by atomic mass is 79.9. The maximum Gasteiger partial charge on any atom is 0.227 e. The highest BCUT2D eigenvalue weighted by Gasteiger charge is 2.13. The monoisotopic (exact) mass is 316 g/mol. The average Bonchev–Trinajstić information content (AvgIpc) is 2.41. The van der Waals surface area contributed by atoms with E-state index in [2.05, 4.69) is 0 Å². The van der Waals surface area contributed by atoms with Gasteiger partial charge in [0, 0.05) is 24.6 Å². The van der Waals surface area contributed by atoms with Gasteiger partial charge in [-0.05, 0) is 24.3 Å². The maximum atomic E-state index is 12.1. The standard InChI is InChI=1S/C15H13N2O.BrH/c1-12-4-2-3-9-17(12)11-15(18)14-7-5-13(10-16)6-8-14;/h2-9H,11H2,1H3;1H/q+1;/p-1. The number of aromatic nitrogens is 1. The molecule has 4 heteroatoms. The van der Waals surface area contributed by atoms with Gasteiger partial charge in [0.05, 0.1) is 11.6 Å². The fraction of sp³-hybridized carbons (Fsp3) is 0.133. The van der Waals surface area contributed by atoms with Crippen molar-refractivity contribution in [3.63, 3.8) is 0 Å². The molecule has 0 saturated carbocycles. The van der Waals surface area contributed by atoms with Crippen molar-refractivity contribution in [2.45, 2.75) is 13.5 Å². The van der Waals surface area contributed by atoms with Gasteiger partial charge in [0.25, 0.3) is 0 Å². The first-order valence-corrected chi connectivity index (χ1v) is 5.69. The molecular formula is C15H13BrN2O. The van der Waals surface area contributed by atoms with E-state index in [9.17, 15) is 4.79 Å². The number of aryl methyl sites for hydroxylation is 1. The summed E-state index contributed by atoms with van der Waals surface area (Å²) in [6, 6.07) is 14.6. The largest absolute Gasteiger partial charge is 1.00 e. The van der Waals surface area contributed by atoms with E-state index in [4.69, 9.17) is 5.26 Å². The van der Waals surface area contributed by atoms with Gasteiger partial charge in [-0.2, -0.15) is 9.83 Å². The quantitative estimate of drug-likeness (QED) is 0.541. The van der Waals surface area contributed by atoms with E-state index in [-0.39, 0.29) is 22.8 Å². The Morgan fingerprint density at radius 2 is 1.89 bits per heavy atom. The summed E-state index contributed by atoms with van der Waals surface area (Å²) < 4.78 is 1.90. The van der Waals surface area contributed by atoms with Crippen molar-refractivity contribution in [3.8, 4) is 6.07 Å². The predicted molar refractivity (Wildman–Crippen MR) is 66.9 cm³/mol. The highest BCUT2D eigenvalue weighted by molar-refractivity contribution is 5.95. The molecule has 0 N–H and O–H groups in total. The topological polar surface area (TPSA) is 44.7 Å². The number of halogens is 1. The van der Waals surface area contributed by atoms with E-state index in [1.54, 1.807) is 24.3 Å². The summed E-state index contributed by atoms with van der Waals surface area (Å²) in [6.45, 7) is 2.28. The normalized spacial score (nSPS) is 9.26. The molecule has 0 unspecified atom stereocenters. The van der Waals surface area contributed by atoms with Gasteiger partial charge in [-0.25, -0.2) is 0 Å². The molecule has 96 valence electrons. The Balaban J connectivity index is 0.00000180. The Morgan fingerprint density at radius 3 is 2.47 bits per heavy atom. The molecule has 0 aliphatic rings. The Kier molecular flexibility index (Phi) is 5.40. The van der Waals surface area contributed by atoms with Gasteiger partial charge in [0.2, 0.25) is 12.3 Å². The van der Waals surface area contributed by atoms with Gasteiger partial charge in [-0.3, -0.25) is 4.79 Å². The lowest BCUT2D eigenvalue weighted by Crippen LogP contribution is -3.00. The maximum absolute atomic E-state index is 12.1. The van der Waals surface area contributed by atoms with Crippen LogP contribution >= 0.6 is 0 Å². The second kappa shape index (κ2) is 6.81. The number of carbonyl (C=O) groups excluding carboxylic acids is 1. The van der Waals surface area contributed by atoms with Crippen LogP contribution in [0.1, 0.15) is 21.6 Å². The first-order valence-electron chi connectivity index (χ1n) is 5.69. The third-order valence-electron chi connectivity index (χ3n) is 2.82. The van der Waals surface area contributed by atoms with Gasteiger partial charge < -0.3 is 17.0 Å². The van der Waals surface area contributed by atoms with E-state index in [1.165, 1.54) is 0 Å². The Morgan fingerprint density at radius 1 is 1.21 bits per heavy atom. The van der Waals surface area contributed by atoms with Crippen LogP contribution in [0.3, 0.4) is 0 Å². The molecule has 0 radical (unpaired) electrons. The minimum absolute atomic E-state index is 0. The minimum Gasteiger partial charge on any atom is -1.00 e. The lowest BCUT2D eigenvalue weighted by Gasteiger charge is -2.00. The molecule has 0 amide bonds. The summed E-state index contributed by atoms with van der Waals surface area (Å²) >= 11 is 0. The molecular weight excluding hydrogens is 304 g/mol. The zero-order chi connectivity index (χ0) is 13.0. The summed E-state index contributed by atoms with van der Waals surface area (Å²) in [5, 5.41) is 8.70. The molecule has 0 spiro atoms. The van der Waals surface area contributed by atoms with Crippen LogP contribution in [-0.2, 0) is 6.54 Å². The van der Waals surface area contributed by atoms with Crippen molar-refractivity contribution in [1.82, 2.24) is 0 Å². The van der Waals surface area contributed by atoms with Gasteiger partial charge >= 0.3 is 0 Å². The highest BCUT2D eigenvalue weighted by Crippen LogP contribution is 2.04. The Bertz CT molecular complexity index is 615. The van der Waals surface area contributed by atoms with Crippen LogP contribution in [0, 0.1) is 18.3 Å². The van der Waals surface area contributed by atoms with E-state index in [1.807, 2.05) is 42.0 Å². The van der Waals surface area contributed by atoms with Crippen LogP contribution in [0.4, 0.5) is 0 Å². The number of benzene rings is 1. The van der Waals surface area contributed by atoms with Crippen LogP contribution in [-0.4, -0.2) is 5.78 Å². The second-order valence-corrected chi connectivity index (χ2v) is 4.08. The summed E-state index contributed by atoms with van der Waals surface area (Å²) in [6.07, 6.45) is 1.89. The van der Waals surface area contributed by atoms with Crippen molar-refractivity contribution < 1.29 is 26.3 Å². The average molecular weight is 317 g/mol. The van der Waals surface area contributed by atoms with Crippen LogP contribution in [0.2, 0.25) is 0 Å². The van der Waals surface area contributed by atoms with E-state index in [0.29, 0.717) is 17.7 Å². The molecule has 1 aromatic carbocycles. The van der Waals surface area contributed by atoms with E-state index >= 15 is 0 Å². The zero-order valence-corrected chi connectivity index (χ0v) is 12.1. The Labute approximate surface area is 122 Å². The van der Waals surface area contributed by atoms with E-state index in [0.717, 1.165) is 5.69 Å². The Hall–Kier alpha value is -1.99. The van der Waals surface area contributed by atoms with Crippen LogP contribution in [0.5, 0.6) is 0 Å². The number of nitrogens with zero attached hydrogens (tertiary/aromatic N) is 2. The van der Waals surface area contributed by atoms with Crippen molar-refractivity contribution in [2.24, 2.45) is 0 Å². The van der Waals surface area contributed by atoms with Crippen molar-refractivity contribution >= 4 is 5.78 Å². The van der Waals surface area contributed by atoms with E-state index < -0.39 is 0 Å². The number of rotatable bonds is 3. The zero-order valence-electron chi connectivity index (χ0n) is 10.5. The summed E-state index contributed by atoms with van der Waals surface area (Å²) in [4.78, 5) is 12.1. The predicted octanol–water partition coefficient (Wildman–Crippen LogP) is -0.959. The van der Waals surface area contributed by atoms with Gasteiger partial charge in [-0.15, -0.1) is 0 Å². The smallest absolute Gasteiger partial charge is 0.227 e. The van der Waals surface area contributed by atoms with Gasteiger partial charge in [0.1, 0.15) is 0 Å². The lowest BCUT2D eigenvalue weighted by atomic mass is 10.1. The number of ketones is 1. The summed E-state index contributed by atoms with van der Waals surface area (Å²) in [7, 11) is 0. The molecule has 0 aliphatic carbocycles. The molecule has 0 atom stereocenters. The molecule has 0 aliphatic heterocycles. The van der Waals surface area contributed by atoms with Gasteiger partial charge in [0.15, 0.2) is 11.9 Å². The molecule has 3 nitrogen and oxygen atoms in total. The number of Topliss-reactive ketones (excluding diaryl/α,β-unsaturated/α-hetero) is 1. The summed E-state index contributed by atoms with van der Waals surface area (Å²) in [5.41, 5.74) is 2.24. The first-order chi connectivity index (χ1) is 8.70. The van der Waals surface area contributed by atoms with Crippen LogP contribution in [0.25, 0.3) is 0 Å². The van der Waals surface area contributed by atoms with Gasteiger partial charge in [-0.1, -0.05) is 6.07 Å². The molecule has 1 heterocycles. The fourth-order valence-corrected chi connectivity index (χ4v) is 1.72. The third kappa shape index (κ3) is 3.73. The number of pyridine rings is 1. The molecule has 0 saturated heterocycles. The van der Waals surface area contributed by atoms with Crippen LogP contribution < -0.4 is 21.5 Å². The first kappa shape index (κ1) is 15.1. The minimum atomic E-state index is 0. The number of hydrogen-bond donors (Lipinski definition) is 0. The third-order valence-corrected chi connectivity index (χ3v) is 2.82. The fourth-order valence-electron chi connectivity index (χ4n) is 1.72. The molecule has 0 fully saturated rings. The number of nitriles is 1. The molecule has 2 aromatic rings. The molecule has 1 aromatic heterocycles. The molecule has 2 rings (SSSR count). The molecule has 0 bridgehead atoms. The van der Waals surface area contributed by atoms with Crippen LogP contribution in [0.15, 0.2) is 48.7 Å². The van der Waals surface area contributed by atoms with Crippen molar-refractivity contribution in [1.29, 1.82) is 5.26 Å². The van der Waals surface area contributed by atoms with Crippen molar-refractivity contribution in [2.75, 3.05) is 0 Å². The second-order valence-electron chi connectivity index (χ2n) is 4.08.